The third kappa shape index (κ3) is 3.54. The minimum atomic E-state index is 0.442. The Kier molecular flexibility index (Phi) is 4.33. The predicted molar refractivity (Wildman–Crippen MR) is 93.3 cm³/mol. The van der Waals surface area contributed by atoms with Crippen molar-refractivity contribution in [2.45, 2.75) is 26.4 Å². The molecule has 3 aromatic rings. The van der Waals surface area contributed by atoms with Gasteiger partial charge < -0.3 is 10.5 Å². The van der Waals surface area contributed by atoms with E-state index in [2.05, 4.69) is 48.3 Å². The SMILES string of the molecule is CC(C)c1ccc(OCc2ccccc2)c(-c2cc(N)n[nH]2)c1. The summed E-state index contributed by atoms with van der Waals surface area (Å²) >= 11 is 0. The van der Waals surface area contributed by atoms with Crippen molar-refractivity contribution in [1.29, 1.82) is 0 Å². The molecule has 0 saturated carbocycles. The van der Waals surface area contributed by atoms with Crippen LogP contribution in [0.1, 0.15) is 30.9 Å². The van der Waals surface area contributed by atoms with Gasteiger partial charge >= 0.3 is 0 Å². The molecule has 0 amide bonds. The second-order valence-corrected chi connectivity index (χ2v) is 5.89. The lowest BCUT2D eigenvalue weighted by molar-refractivity contribution is 0.307. The molecular weight excluding hydrogens is 286 g/mol. The normalized spacial score (nSPS) is 10.9. The molecule has 0 fully saturated rings. The van der Waals surface area contributed by atoms with E-state index in [1.54, 1.807) is 0 Å². The van der Waals surface area contributed by atoms with Crippen molar-refractivity contribution in [3.8, 4) is 17.0 Å². The van der Waals surface area contributed by atoms with Gasteiger partial charge in [-0.25, -0.2) is 0 Å². The lowest BCUT2D eigenvalue weighted by Gasteiger charge is -2.14. The fourth-order valence-electron chi connectivity index (χ4n) is 2.45. The molecule has 0 unspecified atom stereocenters. The van der Waals surface area contributed by atoms with Crippen molar-refractivity contribution >= 4 is 5.82 Å². The maximum atomic E-state index is 6.03. The average molecular weight is 307 g/mol. The van der Waals surface area contributed by atoms with Gasteiger partial charge in [0, 0.05) is 11.6 Å². The van der Waals surface area contributed by atoms with Gasteiger partial charge in [0.25, 0.3) is 0 Å². The zero-order chi connectivity index (χ0) is 16.2. The lowest BCUT2D eigenvalue weighted by Crippen LogP contribution is -1.98. The first-order chi connectivity index (χ1) is 11.1. The molecule has 0 radical (unpaired) electrons. The third-order valence-electron chi connectivity index (χ3n) is 3.80. The molecular formula is C19H21N3O. The van der Waals surface area contributed by atoms with Gasteiger partial charge in [-0.2, -0.15) is 5.10 Å². The van der Waals surface area contributed by atoms with Crippen LogP contribution >= 0.6 is 0 Å². The Morgan fingerprint density at radius 2 is 1.87 bits per heavy atom. The molecule has 0 aliphatic heterocycles. The summed E-state index contributed by atoms with van der Waals surface area (Å²) in [6.07, 6.45) is 0. The van der Waals surface area contributed by atoms with Crippen molar-refractivity contribution < 1.29 is 4.74 Å². The number of nitrogens with one attached hydrogen (secondary N) is 1. The largest absolute Gasteiger partial charge is 0.488 e. The smallest absolute Gasteiger partial charge is 0.145 e. The highest BCUT2D eigenvalue weighted by Gasteiger charge is 2.12. The topological polar surface area (TPSA) is 63.9 Å². The Hall–Kier alpha value is -2.75. The molecule has 0 saturated heterocycles. The number of nitrogen functional groups attached to an aromatic ring is 1. The molecule has 4 heteroatoms. The maximum Gasteiger partial charge on any atom is 0.145 e. The molecule has 0 atom stereocenters. The monoisotopic (exact) mass is 307 g/mol. The van der Waals surface area contributed by atoms with Crippen LogP contribution in [0.3, 0.4) is 0 Å². The first kappa shape index (κ1) is 15.2. The second kappa shape index (κ2) is 6.57. The van der Waals surface area contributed by atoms with Crippen LogP contribution in [0.5, 0.6) is 5.75 Å². The zero-order valence-corrected chi connectivity index (χ0v) is 13.4. The molecule has 3 N–H and O–H groups in total. The van der Waals surface area contributed by atoms with E-state index in [1.165, 1.54) is 5.56 Å². The zero-order valence-electron chi connectivity index (χ0n) is 13.4. The number of hydrogen-bond donors (Lipinski definition) is 2. The Labute approximate surface area is 136 Å². The third-order valence-corrected chi connectivity index (χ3v) is 3.80. The number of aromatic nitrogens is 2. The molecule has 23 heavy (non-hydrogen) atoms. The summed E-state index contributed by atoms with van der Waals surface area (Å²) in [7, 11) is 0. The molecule has 0 spiro atoms. The summed E-state index contributed by atoms with van der Waals surface area (Å²) < 4.78 is 6.03. The van der Waals surface area contributed by atoms with Crippen LogP contribution in [-0.2, 0) is 6.61 Å². The molecule has 0 aliphatic carbocycles. The molecule has 1 heterocycles. The van der Waals surface area contributed by atoms with Crippen LogP contribution in [0.15, 0.2) is 54.6 Å². The first-order valence-electron chi connectivity index (χ1n) is 7.75. The van der Waals surface area contributed by atoms with Crippen LogP contribution in [-0.4, -0.2) is 10.2 Å². The molecule has 1 aromatic heterocycles. The predicted octanol–water partition coefficient (Wildman–Crippen LogP) is 4.36. The van der Waals surface area contributed by atoms with Crippen molar-refractivity contribution in [2.75, 3.05) is 5.73 Å². The van der Waals surface area contributed by atoms with Crippen molar-refractivity contribution in [2.24, 2.45) is 0 Å². The standard InChI is InChI=1S/C19H21N3O/c1-13(2)15-8-9-18(23-12-14-6-4-3-5-7-14)16(10-15)17-11-19(20)22-21-17/h3-11,13H,12H2,1-2H3,(H3,20,21,22). The summed E-state index contributed by atoms with van der Waals surface area (Å²) in [4.78, 5) is 0. The van der Waals surface area contributed by atoms with E-state index in [0.717, 1.165) is 22.6 Å². The van der Waals surface area contributed by atoms with Gasteiger partial charge in [-0.1, -0.05) is 50.2 Å². The summed E-state index contributed by atoms with van der Waals surface area (Å²) in [6, 6.07) is 18.2. The minimum absolute atomic E-state index is 0.442. The van der Waals surface area contributed by atoms with E-state index < -0.39 is 0 Å². The van der Waals surface area contributed by atoms with E-state index in [1.807, 2.05) is 30.3 Å². The molecule has 0 aliphatic rings. The first-order valence-corrected chi connectivity index (χ1v) is 7.75. The highest BCUT2D eigenvalue weighted by Crippen LogP contribution is 2.33. The second-order valence-electron chi connectivity index (χ2n) is 5.89. The van der Waals surface area contributed by atoms with Crippen LogP contribution in [0.4, 0.5) is 5.82 Å². The van der Waals surface area contributed by atoms with Gasteiger partial charge in [-0.15, -0.1) is 0 Å². The number of hydrogen-bond acceptors (Lipinski definition) is 3. The summed E-state index contributed by atoms with van der Waals surface area (Å²) in [5, 5.41) is 7.00. The number of ether oxygens (including phenoxy) is 1. The van der Waals surface area contributed by atoms with E-state index in [4.69, 9.17) is 10.5 Å². The van der Waals surface area contributed by atoms with Gasteiger partial charge in [0.05, 0.1) is 5.69 Å². The van der Waals surface area contributed by atoms with Gasteiger partial charge in [-0.05, 0) is 29.2 Å². The molecule has 2 aromatic carbocycles. The Morgan fingerprint density at radius 1 is 1.09 bits per heavy atom. The van der Waals surface area contributed by atoms with Crippen LogP contribution < -0.4 is 10.5 Å². The van der Waals surface area contributed by atoms with E-state index in [-0.39, 0.29) is 0 Å². The van der Waals surface area contributed by atoms with Crippen LogP contribution in [0.2, 0.25) is 0 Å². The van der Waals surface area contributed by atoms with Gasteiger partial charge in [0.15, 0.2) is 0 Å². The molecule has 4 nitrogen and oxygen atoms in total. The van der Waals surface area contributed by atoms with Gasteiger partial charge in [0.1, 0.15) is 18.2 Å². The van der Waals surface area contributed by atoms with E-state index >= 15 is 0 Å². The van der Waals surface area contributed by atoms with Crippen molar-refractivity contribution in [3.05, 3.63) is 65.7 Å². The van der Waals surface area contributed by atoms with Crippen LogP contribution in [0.25, 0.3) is 11.3 Å². The van der Waals surface area contributed by atoms with Crippen molar-refractivity contribution in [3.63, 3.8) is 0 Å². The highest BCUT2D eigenvalue weighted by molar-refractivity contribution is 5.70. The molecule has 0 bridgehead atoms. The molecule has 3 rings (SSSR count). The Morgan fingerprint density at radius 3 is 2.52 bits per heavy atom. The Balaban J connectivity index is 1.92. The number of benzene rings is 2. The number of anilines is 1. The van der Waals surface area contributed by atoms with Crippen molar-refractivity contribution in [1.82, 2.24) is 10.2 Å². The molecule has 118 valence electrons. The number of aromatic amines is 1. The van der Waals surface area contributed by atoms with Gasteiger partial charge in [-0.3, -0.25) is 5.10 Å². The maximum absolute atomic E-state index is 6.03. The van der Waals surface area contributed by atoms with E-state index in [9.17, 15) is 0 Å². The summed E-state index contributed by atoms with van der Waals surface area (Å²) in [5.41, 5.74) is 9.98. The van der Waals surface area contributed by atoms with Crippen LogP contribution in [0, 0.1) is 0 Å². The number of nitrogens with two attached hydrogens (primary N) is 1. The number of rotatable bonds is 5. The van der Waals surface area contributed by atoms with Gasteiger partial charge in [0.2, 0.25) is 0 Å². The fraction of sp³-hybridized carbons (Fsp3) is 0.211. The summed E-state index contributed by atoms with van der Waals surface area (Å²) in [5.74, 6) is 1.74. The average Bonchev–Trinajstić information content (AvgIpc) is 3.00. The number of nitrogens with zero attached hydrogens (tertiary/aromatic N) is 1. The highest BCUT2D eigenvalue weighted by atomic mass is 16.5. The van der Waals surface area contributed by atoms with E-state index in [0.29, 0.717) is 18.3 Å². The Bertz CT molecular complexity index is 778. The lowest BCUT2D eigenvalue weighted by atomic mass is 9.99. The fourth-order valence-corrected chi connectivity index (χ4v) is 2.45. The minimum Gasteiger partial charge on any atom is -0.488 e. The summed E-state index contributed by atoms with van der Waals surface area (Å²) in [6.45, 7) is 4.87. The quantitative estimate of drug-likeness (QED) is 0.736. The number of H-pyrrole nitrogens is 1.